The number of hydrogen-bond acceptors (Lipinski definition) is 5. The number of rotatable bonds is 10. The van der Waals surface area contributed by atoms with Gasteiger partial charge in [0.2, 0.25) is 0 Å². The average molecular weight is 431 g/mol. The van der Waals surface area contributed by atoms with E-state index in [-0.39, 0.29) is 0 Å². The standard InChI is InChI=1S/C23H34N4O2S/c1-3-24-23(25-16-19(2)21-8-15-30-18-21)26-17-20-6-4-5-7-22(20)29-14-11-27-9-12-28-13-10-27/h4-8,15,18-19H,3,9-14,16-17H2,1-2H3,(H2,24,25,26). The van der Waals surface area contributed by atoms with Gasteiger partial charge in [0.1, 0.15) is 12.4 Å². The summed E-state index contributed by atoms with van der Waals surface area (Å²) in [5.41, 5.74) is 2.46. The molecule has 1 aliphatic rings. The Labute approximate surface area is 184 Å². The second-order valence-corrected chi connectivity index (χ2v) is 8.22. The molecule has 0 spiro atoms. The molecule has 1 saturated heterocycles. The van der Waals surface area contributed by atoms with Crippen LogP contribution >= 0.6 is 11.3 Å². The van der Waals surface area contributed by atoms with Crippen molar-refractivity contribution in [3.63, 3.8) is 0 Å². The smallest absolute Gasteiger partial charge is 0.191 e. The lowest BCUT2D eigenvalue weighted by molar-refractivity contribution is 0.0322. The molecule has 1 unspecified atom stereocenters. The largest absolute Gasteiger partial charge is 0.492 e. The zero-order valence-electron chi connectivity index (χ0n) is 18.1. The van der Waals surface area contributed by atoms with Crippen molar-refractivity contribution in [1.82, 2.24) is 15.5 Å². The van der Waals surface area contributed by atoms with Crippen molar-refractivity contribution >= 4 is 17.3 Å². The van der Waals surface area contributed by atoms with E-state index < -0.39 is 0 Å². The molecule has 30 heavy (non-hydrogen) atoms. The molecule has 1 fully saturated rings. The second-order valence-electron chi connectivity index (χ2n) is 7.44. The van der Waals surface area contributed by atoms with Crippen LogP contribution in [-0.4, -0.2) is 63.4 Å². The van der Waals surface area contributed by atoms with Crippen LogP contribution in [0.2, 0.25) is 0 Å². The van der Waals surface area contributed by atoms with Gasteiger partial charge in [0.05, 0.1) is 19.8 Å². The first-order valence-corrected chi connectivity index (χ1v) is 11.8. The number of ether oxygens (including phenoxy) is 2. The first-order valence-electron chi connectivity index (χ1n) is 10.8. The molecule has 0 aliphatic carbocycles. The summed E-state index contributed by atoms with van der Waals surface area (Å²) in [6.45, 7) is 11.8. The number of morpholine rings is 1. The van der Waals surface area contributed by atoms with Gasteiger partial charge in [-0.1, -0.05) is 25.1 Å². The van der Waals surface area contributed by atoms with Crippen molar-refractivity contribution in [1.29, 1.82) is 0 Å². The number of nitrogens with one attached hydrogen (secondary N) is 2. The van der Waals surface area contributed by atoms with E-state index in [1.807, 2.05) is 18.2 Å². The molecule has 1 atom stereocenters. The maximum absolute atomic E-state index is 6.09. The topological polar surface area (TPSA) is 58.1 Å². The van der Waals surface area contributed by atoms with Gasteiger partial charge >= 0.3 is 0 Å². The third-order valence-corrected chi connectivity index (χ3v) is 5.88. The van der Waals surface area contributed by atoms with Crippen LogP contribution in [0.4, 0.5) is 0 Å². The summed E-state index contributed by atoms with van der Waals surface area (Å²) in [4.78, 5) is 7.17. The SMILES string of the molecule is CCNC(=NCc1ccccc1OCCN1CCOCC1)NCC(C)c1ccsc1. The Bertz CT molecular complexity index is 760. The van der Waals surface area contributed by atoms with Crippen LogP contribution in [0.1, 0.15) is 30.9 Å². The van der Waals surface area contributed by atoms with Crippen LogP contribution in [0.15, 0.2) is 46.1 Å². The van der Waals surface area contributed by atoms with E-state index in [0.717, 1.165) is 63.2 Å². The molecule has 7 heteroatoms. The summed E-state index contributed by atoms with van der Waals surface area (Å²) < 4.78 is 11.5. The number of guanidine groups is 1. The van der Waals surface area contributed by atoms with Gasteiger partial charge in [-0.2, -0.15) is 11.3 Å². The molecule has 0 amide bonds. The predicted octanol–water partition coefficient (Wildman–Crippen LogP) is 3.32. The third-order valence-electron chi connectivity index (χ3n) is 5.18. The summed E-state index contributed by atoms with van der Waals surface area (Å²) >= 11 is 1.74. The number of para-hydroxylation sites is 1. The van der Waals surface area contributed by atoms with Crippen LogP contribution in [-0.2, 0) is 11.3 Å². The van der Waals surface area contributed by atoms with Crippen LogP contribution in [0.25, 0.3) is 0 Å². The molecule has 2 aromatic rings. The molecule has 0 saturated carbocycles. The molecule has 164 valence electrons. The molecule has 0 radical (unpaired) electrons. The number of hydrogen-bond donors (Lipinski definition) is 2. The summed E-state index contributed by atoms with van der Waals surface area (Å²) in [6, 6.07) is 10.4. The molecule has 1 aliphatic heterocycles. The minimum atomic E-state index is 0.441. The number of nitrogens with zero attached hydrogens (tertiary/aromatic N) is 2. The Morgan fingerprint density at radius 2 is 2.07 bits per heavy atom. The second kappa shape index (κ2) is 12.6. The molecule has 2 N–H and O–H groups in total. The fourth-order valence-electron chi connectivity index (χ4n) is 3.31. The zero-order valence-corrected chi connectivity index (χ0v) is 18.9. The van der Waals surface area contributed by atoms with Crippen molar-refractivity contribution in [3.8, 4) is 5.75 Å². The van der Waals surface area contributed by atoms with Crippen LogP contribution in [0.3, 0.4) is 0 Å². The molecule has 0 bridgehead atoms. The third kappa shape index (κ3) is 7.31. The normalized spacial score (nSPS) is 16.3. The van der Waals surface area contributed by atoms with Crippen molar-refractivity contribution in [2.45, 2.75) is 26.3 Å². The van der Waals surface area contributed by atoms with Crippen molar-refractivity contribution in [2.75, 3.05) is 52.5 Å². The lowest BCUT2D eigenvalue weighted by Gasteiger charge is -2.26. The van der Waals surface area contributed by atoms with E-state index >= 15 is 0 Å². The molecule has 6 nitrogen and oxygen atoms in total. The molecular weight excluding hydrogens is 396 g/mol. The summed E-state index contributed by atoms with van der Waals surface area (Å²) in [7, 11) is 0. The fraction of sp³-hybridized carbons (Fsp3) is 0.522. The van der Waals surface area contributed by atoms with Gasteiger partial charge in [0.15, 0.2) is 5.96 Å². The highest BCUT2D eigenvalue weighted by atomic mass is 32.1. The fourth-order valence-corrected chi connectivity index (χ4v) is 4.10. The van der Waals surface area contributed by atoms with Crippen LogP contribution < -0.4 is 15.4 Å². The lowest BCUT2D eigenvalue weighted by Crippen LogP contribution is -2.39. The zero-order chi connectivity index (χ0) is 21.0. The highest BCUT2D eigenvalue weighted by Gasteiger charge is 2.11. The van der Waals surface area contributed by atoms with Crippen LogP contribution in [0.5, 0.6) is 5.75 Å². The Kier molecular flexibility index (Phi) is 9.47. The van der Waals surface area contributed by atoms with Crippen molar-refractivity contribution < 1.29 is 9.47 Å². The molecule has 1 aromatic carbocycles. The van der Waals surface area contributed by atoms with E-state index in [9.17, 15) is 0 Å². The highest BCUT2D eigenvalue weighted by molar-refractivity contribution is 7.07. The van der Waals surface area contributed by atoms with E-state index in [0.29, 0.717) is 19.1 Å². The molecular formula is C23H34N4O2S. The maximum atomic E-state index is 6.09. The number of thiophene rings is 1. The molecule has 1 aromatic heterocycles. The van der Waals surface area contributed by atoms with Gasteiger partial charge in [0.25, 0.3) is 0 Å². The minimum Gasteiger partial charge on any atom is -0.492 e. The highest BCUT2D eigenvalue weighted by Crippen LogP contribution is 2.19. The molecule has 2 heterocycles. The average Bonchev–Trinajstić information content (AvgIpc) is 3.32. The van der Waals surface area contributed by atoms with Gasteiger partial charge in [-0.05, 0) is 41.3 Å². The Morgan fingerprint density at radius 3 is 2.83 bits per heavy atom. The predicted molar refractivity (Wildman–Crippen MR) is 125 cm³/mol. The van der Waals surface area contributed by atoms with Crippen LogP contribution in [0, 0.1) is 0 Å². The van der Waals surface area contributed by atoms with E-state index in [4.69, 9.17) is 14.5 Å². The van der Waals surface area contributed by atoms with Gasteiger partial charge in [-0.15, -0.1) is 0 Å². The summed E-state index contributed by atoms with van der Waals surface area (Å²) in [5.74, 6) is 2.19. The minimum absolute atomic E-state index is 0.441. The summed E-state index contributed by atoms with van der Waals surface area (Å²) in [5, 5.41) is 11.1. The van der Waals surface area contributed by atoms with E-state index in [1.165, 1.54) is 5.56 Å². The Hall–Kier alpha value is -2.09. The Morgan fingerprint density at radius 1 is 1.23 bits per heavy atom. The van der Waals surface area contributed by atoms with E-state index in [1.54, 1.807) is 11.3 Å². The Balaban J connectivity index is 1.52. The number of aliphatic imine (C=N–C) groups is 1. The van der Waals surface area contributed by atoms with Crippen molar-refractivity contribution in [3.05, 3.63) is 52.2 Å². The quantitative estimate of drug-likeness (QED) is 0.447. The lowest BCUT2D eigenvalue weighted by atomic mass is 10.1. The van der Waals surface area contributed by atoms with E-state index in [2.05, 4.69) is 52.3 Å². The monoisotopic (exact) mass is 430 g/mol. The first kappa shape index (κ1) is 22.6. The van der Waals surface area contributed by atoms with Gasteiger partial charge in [0, 0.05) is 38.3 Å². The van der Waals surface area contributed by atoms with Gasteiger partial charge < -0.3 is 20.1 Å². The van der Waals surface area contributed by atoms with Crippen molar-refractivity contribution in [2.24, 2.45) is 4.99 Å². The maximum Gasteiger partial charge on any atom is 0.191 e. The summed E-state index contributed by atoms with van der Waals surface area (Å²) in [6.07, 6.45) is 0. The molecule has 3 rings (SSSR count). The number of benzene rings is 1. The first-order chi connectivity index (χ1) is 14.8. The van der Waals surface area contributed by atoms with Gasteiger partial charge in [-0.3, -0.25) is 4.90 Å². The van der Waals surface area contributed by atoms with Gasteiger partial charge in [-0.25, -0.2) is 4.99 Å².